The summed E-state index contributed by atoms with van der Waals surface area (Å²) in [5.41, 5.74) is 6.18. The van der Waals surface area contributed by atoms with Crippen LogP contribution in [0.25, 0.3) is 33.4 Å². The average molecular weight is 347 g/mol. The standard InChI is InChI=1S/C20H15ClN4/c21-18-12-14(13-6-1-2-7-15(13)23-18)19-17-9-5-11-25(17)24-20(19)16-8-3-4-10-22-16/h1-4,6-8,10,12H,5,9,11H2. The van der Waals surface area contributed by atoms with Gasteiger partial charge in [0, 0.05) is 29.4 Å². The fourth-order valence-electron chi connectivity index (χ4n) is 3.65. The Balaban J connectivity index is 1.86. The van der Waals surface area contributed by atoms with E-state index in [-0.39, 0.29) is 0 Å². The summed E-state index contributed by atoms with van der Waals surface area (Å²) in [4.78, 5) is 8.99. The molecule has 0 atom stereocenters. The largest absolute Gasteiger partial charge is 0.268 e. The highest BCUT2D eigenvalue weighted by molar-refractivity contribution is 6.30. The first kappa shape index (κ1) is 14.6. The van der Waals surface area contributed by atoms with E-state index in [0.29, 0.717) is 5.15 Å². The molecule has 4 nitrogen and oxygen atoms in total. The van der Waals surface area contributed by atoms with Crippen molar-refractivity contribution in [2.24, 2.45) is 0 Å². The molecular formula is C20H15ClN4. The number of halogens is 1. The van der Waals surface area contributed by atoms with E-state index in [1.807, 2.05) is 42.5 Å². The molecule has 0 spiro atoms. The molecule has 3 aromatic heterocycles. The molecule has 25 heavy (non-hydrogen) atoms. The second-order valence-corrected chi connectivity index (χ2v) is 6.61. The summed E-state index contributed by atoms with van der Waals surface area (Å²) in [6.45, 7) is 0.950. The Kier molecular flexibility index (Phi) is 3.31. The Morgan fingerprint density at radius 3 is 2.80 bits per heavy atom. The molecule has 1 aromatic carbocycles. The third kappa shape index (κ3) is 2.33. The normalized spacial score (nSPS) is 13.3. The van der Waals surface area contributed by atoms with Crippen LogP contribution in [0.1, 0.15) is 12.1 Å². The van der Waals surface area contributed by atoms with Crippen molar-refractivity contribution in [3.8, 4) is 22.5 Å². The molecule has 1 aliphatic rings. The van der Waals surface area contributed by atoms with Crippen LogP contribution in [0.15, 0.2) is 54.7 Å². The van der Waals surface area contributed by atoms with Crippen molar-refractivity contribution >= 4 is 22.5 Å². The van der Waals surface area contributed by atoms with Gasteiger partial charge in [-0.1, -0.05) is 35.9 Å². The van der Waals surface area contributed by atoms with Crippen LogP contribution in [-0.4, -0.2) is 19.7 Å². The van der Waals surface area contributed by atoms with Gasteiger partial charge in [0.1, 0.15) is 10.8 Å². The highest BCUT2D eigenvalue weighted by atomic mass is 35.5. The second kappa shape index (κ2) is 5.67. The number of hydrogen-bond acceptors (Lipinski definition) is 3. The molecule has 0 fully saturated rings. The van der Waals surface area contributed by atoms with Crippen LogP contribution in [-0.2, 0) is 13.0 Å². The number of rotatable bonds is 2. The molecule has 4 heterocycles. The average Bonchev–Trinajstić information content (AvgIpc) is 3.22. The Labute approximate surface area is 150 Å². The predicted molar refractivity (Wildman–Crippen MR) is 99.5 cm³/mol. The van der Waals surface area contributed by atoms with Crippen molar-refractivity contribution in [2.45, 2.75) is 19.4 Å². The van der Waals surface area contributed by atoms with Crippen molar-refractivity contribution in [2.75, 3.05) is 0 Å². The van der Waals surface area contributed by atoms with Gasteiger partial charge in [-0.2, -0.15) is 5.10 Å². The molecule has 0 radical (unpaired) electrons. The first-order valence-corrected chi connectivity index (χ1v) is 8.76. The van der Waals surface area contributed by atoms with E-state index in [4.69, 9.17) is 16.7 Å². The van der Waals surface area contributed by atoms with E-state index in [1.54, 1.807) is 6.20 Å². The highest BCUT2D eigenvalue weighted by Gasteiger charge is 2.25. The fraction of sp³-hybridized carbons (Fsp3) is 0.150. The highest BCUT2D eigenvalue weighted by Crippen LogP contribution is 2.40. The molecule has 0 bridgehead atoms. The van der Waals surface area contributed by atoms with E-state index in [1.165, 1.54) is 5.69 Å². The van der Waals surface area contributed by atoms with Crippen LogP contribution in [0.2, 0.25) is 5.15 Å². The lowest BCUT2D eigenvalue weighted by Crippen LogP contribution is -1.94. The molecule has 0 amide bonds. The fourth-order valence-corrected chi connectivity index (χ4v) is 3.85. The van der Waals surface area contributed by atoms with Crippen LogP contribution in [0.3, 0.4) is 0 Å². The Bertz CT molecular complexity index is 1090. The minimum absolute atomic E-state index is 0.499. The van der Waals surface area contributed by atoms with Gasteiger partial charge in [0.15, 0.2) is 0 Å². The van der Waals surface area contributed by atoms with Crippen LogP contribution in [0.4, 0.5) is 0 Å². The molecule has 0 N–H and O–H groups in total. The summed E-state index contributed by atoms with van der Waals surface area (Å²) >= 11 is 6.34. The second-order valence-electron chi connectivity index (χ2n) is 6.22. The van der Waals surface area contributed by atoms with Gasteiger partial charge in [0.25, 0.3) is 0 Å². The quantitative estimate of drug-likeness (QED) is 0.491. The van der Waals surface area contributed by atoms with Crippen LogP contribution in [0, 0.1) is 0 Å². The third-order valence-corrected chi connectivity index (χ3v) is 4.90. The van der Waals surface area contributed by atoms with Gasteiger partial charge in [-0.05, 0) is 42.7 Å². The summed E-state index contributed by atoms with van der Waals surface area (Å²) < 4.78 is 2.11. The first-order valence-electron chi connectivity index (χ1n) is 8.38. The number of hydrogen-bond donors (Lipinski definition) is 0. The summed E-state index contributed by atoms with van der Waals surface area (Å²) in [6.07, 6.45) is 3.94. The molecule has 0 saturated carbocycles. The molecule has 5 rings (SSSR count). The van der Waals surface area contributed by atoms with Crippen molar-refractivity contribution in [3.63, 3.8) is 0 Å². The maximum absolute atomic E-state index is 6.34. The van der Waals surface area contributed by atoms with E-state index in [0.717, 1.165) is 52.8 Å². The van der Waals surface area contributed by atoms with Crippen LogP contribution >= 0.6 is 11.6 Å². The number of fused-ring (bicyclic) bond motifs is 2. The van der Waals surface area contributed by atoms with Crippen LogP contribution < -0.4 is 0 Å². The van der Waals surface area contributed by atoms with Crippen molar-refractivity contribution in [1.29, 1.82) is 0 Å². The van der Waals surface area contributed by atoms with Gasteiger partial charge in [0.05, 0.1) is 11.2 Å². The van der Waals surface area contributed by atoms with Crippen molar-refractivity contribution in [1.82, 2.24) is 19.7 Å². The Morgan fingerprint density at radius 2 is 1.92 bits per heavy atom. The zero-order valence-electron chi connectivity index (χ0n) is 13.5. The number of nitrogens with zero attached hydrogens (tertiary/aromatic N) is 4. The Morgan fingerprint density at radius 1 is 1.04 bits per heavy atom. The molecule has 122 valence electrons. The van der Waals surface area contributed by atoms with E-state index in [2.05, 4.69) is 20.7 Å². The molecule has 0 unspecified atom stereocenters. The van der Waals surface area contributed by atoms with Crippen molar-refractivity contribution < 1.29 is 0 Å². The van der Waals surface area contributed by atoms with Gasteiger partial charge in [-0.25, -0.2) is 4.98 Å². The van der Waals surface area contributed by atoms with E-state index >= 15 is 0 Å². The van der Waals surface area contributed by atoms with Gasteiger partial charge in [-0.3, -0.25) is 9.67 Å². The predicted octanol–water partition coefficient (Wildman–Crippen LogP) is 4.76. The van der Waals surface area contributed by atoms with Gasteiger partial charge < -0.3 is 0 Å². The number of aryl methyl sites for hydroxylation is 1. The molecule has 0 aliphatic carbocycles. The van der Waals surface area contributed by atoms with Crippen LogP contribution in [0.5, 0.6) is 0 Å². The zero-order chi connectivity index (χ0) is 16.8. The van der Waals surface area contributed by atoms with E-state index < -0.39 is 0 Å². The summed E-state index contributed by atoms with van der Waals surface area (Å²) in [5.74, 6) is 0. The lowest BCUT2D eigenvalue weighted by Gasteiger charge is -2.09. The number of aromatic nitrogens is 4. The SMILES string of the molecule is Clc1cc(-c2c(-c3ccccn3)nn3c2CCC3)c2ccccc2n1. The molecule has 1 aliphatic heterocycles. The van der Waals surface area contributed by atoms with Gasteiger partial charge in [0.2, 0.25) is 0 Å². The first-order chi connectivity index (χ1) is 12.3. The molecule has 4 aromatic rings. The Hall–Kier alpha value is -2.72. The minimum atomic E-state index is 0.499. The van der Waals surface area contributed by atoms with E-state index in [9.17, 15) is 0 Å². The summed E-state index contributed by atoms with van der Waals surface area (Å²) in [7, 11) is 0. The maximum atomic E-state index is 6.34. The maximum Gasteiger partial charge on any atom is 0.130 e. The number of para-hydroxylation sites is 1. The summed E-state index contributed by atoms with van der Waals surface area (Å²) in [6, 6.07) is 16.0. The number of benzene rings is 1. The molecular weight excluding hydrogens is 332 g/mol. The lowest BCUT2D eigenvalue weighted by molar-refractivity contribution is 0.658. The lowest BCUT2D eigenvalue weighted by atomic mass is 9.97. The monoisotopic (exact) mass is 346 g/mol. The topological polar surface area (TPSA) is 43.6 Å². The van der Waals surface area contributed by atoms with Gasteiger partial charge >= 0.3 is 0 Å². The smallest absolute Gasteiger partial charge is 0.130 e. The summed E-state index contributed by atoms with van der Waals surface area (Å²) in [5, 5.41) is 6.45. The van der Waals surface area contributed by atoms with Crippen molar-refractivity contribution in [3.05, 3.63) is 65.6 Å². The number of pyridine rings is 2. The zero-order valence-corrected chi connectivity index (χ0v) is 14.2. The van der Waals surface area contributed by atoms with Gasteiger partial charge in [-0.15, -0.1) is 0 Å². The molecule has 5 heteroatoms. The molecule has 0 saturated heterocycles. The third-order valence-electron chi connectivity index (χ3n) is 4.70. The minimum Gasteiger partial charge on any atom is -0.268 e.